The van der Waals surface area contributed by atoms with Gasteiger partial charge in [0, 0.05) is 16.8 Å². The van der Waals surface area contributed by atoms with Crippen LogP contribution in [0.5, 0.6) is 0 Å². The van der Waals surface area contributed by atoms with Crippen molar-refractivity contribution in [2.24, 2.45) is 0 Å². The minimum Gasteiger partial charge on any atom is -0.350 e. The highest BCUT2D eigenvalue weighted by molar-refractivity contribution is 6.46. The van der Waals surface area contributed by atoms with Crippen LogP contribution in [-0.4, -0.2) is 11.8 Å². The number of carbonyl (C=O) groups is 2. The average Bonchev–Trinajstić information content (AvgIpc) is 2.96. The first kappa shape index (κ1) is 19.8. The molecule has 0 spiro atoms. The molecule has 0 saturated carbocycles. The summed E-state index contributed by atoms with van der Waals surface area (Å²) in [5.74, 6) is -3.51. The number of aryl methyl sites for hydroxylation is 1. The van der Waals surface area contributed by atoms with Crippen molar-refractivity contribution in [3.8, 4) is 0 Å². The summed E-state index contributed by atoms with van der Waals surface area (Å²) < 4.78 is 27.1. The summed E-state index contributed by atoms with van der Waals surface area (Å²) in [6.07, 6.45) is 0. The van der Waals surface area contributed by atoms with E-state index in [1.54, 1.807) is 48.5 Å². The Morgan fingerprint density at radius 2 is 1.60 bits per heavy atom. The number of rotatable bonds is 4. The number of carbonyl (C=O) groups excluding carboxylic acids is 2. The van der Waals surface area contributed by atoms with Crippen LogP contribution in [0.25, 0.3) is 5.57 Å². The van der Waals surface area contributed by atoms with Crippen LogP contribution >= 0.6 is 11.6 Å². The van der Waals surface area contributed by atoms with E-state index in [4.69, 9.17) is 11.6 Å². The van der Waals surface area contributed by atoms with Gasteiger partial charge < -0.3 is 5.32 Å². The number of nitrogens with one attached hydrogen (secondary N) is 1. The summed E-state index contributed by atoms with van der Waals surface area (Å²) in [5, 5.41) is 3.57. The summed E-state index contributed by atoms with van der Waals surface area (Å²) in [7, 11) is 0. The highest BCUT2D eigenvalue weighted by Crippen LogP contribution is 2.35. The van der Waals surface area contributed by atoms with Crippen molar-refractivity contribution >= 4 is 40.4 Å². The lowest BCUT2D eigenvalue weighted by Crippen LogP contribution is -2.32. The zero-order valence-electron chi connectivity index (χ0n) is 15.7. The van der Waals surface area contributed by atoms with Crippen molar-refractivity contribution in [1.82, 2.24) is 0 Å². The van der Waals surface area contributed by atoms with Crippen LogP contribution in [0.3, 0.4) is 0 Å². The number of nitrogens with zero attached hydrogens (tertiary/aromatic N) is 1. The lowest BCUT2D eigenvalue weighted by molar-refractivity contribution is -0.120. The number of imide groups is 1. The van der Waals surface area contributed by atoms with Gasteiger partial charge in [-0.25, -0.2) is 13.7 Å². The molecule has 1 aliphatic heterocycles. The third kappa shape index (κ3) is 3.46. The molecule has 0 aliphatic carbocycles. The molecule has 2 amide bonds. The summed E-state index contributed by atoms with van der Waals surface area (Å²) in [5.41, 5.74) is 2.02. The Labute approximate surface area is 176 Å². The van der Waals surface area contributed by atoms with E-state index in [1.165, 1.54) is 6.07 Å². The molecule has 0 aromatic heterocycles. The molecule has 3 aromatic rings. The molecule has 4 rings (SSSR count). The lowest BCUT2D eigenvalue weighted by Gasteiger charge is -2.16. The van der Waals surface area contributed by atoms with E-state index in [2.05, 4.69) is 5.32 Å². The predicted octanol–water partition coefficient (Wildman–Crippen LogP) is 5.32. The largest absolute Gasteiger partial charge is 0.350 e. The molecule has 30 heavy (non-hydrogen) atoms. The van der Waals surface area contributed by atoms with E-state index in [0.717, 1.165) is 22.6 Å². The zero-order chi connectivity index (χ0) is 21.4. The fraction of sp³-hybridized carbons (Fsp3) is 0.0435. The smallest absolute Gasteiger partial charge is 0.282 e. The molecule has 0 radical (unpaired) electrons. The molecule has 1 N–H and O–H groups in total. The van der Waals surface area contributed by atoms with Crippen LogP contribution in [-0.2, 0) is 9.59 Å². The Balaban J connectivity index is 1.83. The van der Waals surface area contributed by atoms with Crippen LogP contribution < -0.4 is 10.2 Å². The second-order valence-electron chi connectivity index (χ2n) is 6.74. The molecule has 3 aromatic carbocycles. The maximum atomic E-state index is 13.8. The number of hydrogen-bond donors (Lipinski definition) is 1. The second kappa shape index (κ2) is 7.72. The maximum absolute atomic E-state index is 13.8. The van der Waals surface area contributed by atoms with Gasteiger partial charge in [-0.1, -0.05) is 41.9 Å². The van der Waals surface area contributed by atoms with Crippen LogP contribution in [0.1, 0.15) is 11.1 Å². The van der Waals surface area contributed by atoms with Gasteiger partial charge in [-0.05, 0) is 48.4 Å². The number of amides is 2. The van der Waals surface area contributed by atoms with Crippen LogP contribution in [0.2, 0.25) is 5.02 Å². The van der Waals surface area contributed by atoms with Crippen molar-refractivity contribution < 1.29 is 18.4 Å². The van der Waals surface area contributed by atoms with Crippen LogP contribution in [0.4, 0.5) is 20.2 Å². The maximum Gasteiger partial charge on any atom is 0.282 e. The van der Waals surface area contributed by atoms with Crippen molar-refractivity contribution in [2.45, 2.75) is 6.92 Å². The Kier molecular flexibility index (Phi) is 5.10. The topological polar surface area (TPSA) is 49.4 Å². The number of anilines is 2. The molecule has 1 heterocycles. The van der Waals surface area contributed by atoms with E-state index >= 15 is 0 Å². The number of halogens is 3. The van der Waals surface area contributed by atoms with Gasteiger partial charge in [0.25, 0.3) is 11.8 Å². The van der Waals surface area contributed by atoms with E-state index in [9.17, 15) is 18.4 Å². The van der Waals surface area contributed by atoms with Gasteiger partial charge >= 0.3 is 0 Å². The fourth-order valence-corrected chi connectivity index (χ4v) is 3.51. The molecular weight excluding hydrogens is 410 g/mol. The highest BCUT2D eigenvalue weighted by Gasteiger charge is 2.40. The SMILES string of the molecule is Cc1cc(Cl)ccc1NC1=C(c2ccccc2)C(=O)N(c2ccc(F)c(F)c2)C1=O. The minimum absolute atomic E-state index is 0.0429. The quantitative estimate of drug-likeness (QED) is 0.576. The van der Waals surface area contributed by atoms with Crippen molar-refractivity contribution in [3.63, 3.8) is 0 Å². The van der Waals surface area contributed by atoms with Crippen LogP contribution in [0, 0.1) is 18.6 Å². The van der Waals surface area contributed by atoms with E-state index in [0.29, 0.717) is 16.3 Å². The molecule has 1 aliphatic rings. The Morgan fingerprint density at radius 3 is 2.27 bits per heavy atom. The van der Waals surface area contributed by atoms with E-state index < -0.39 is 23.4 Å². The van der Waals surface area contributed by atoms with Gasteiger partial charge in [-0.15, -0.1) is 0 Å². The second-order valence-corrected chi connectivity index (χ2v) is 7.18. The van der Waals surface area contributed by atoms with E-state index in [-0.39, 0.29) is 17.0 Å². The van der Waals surface area contributed by atoms with E-state index in [1.807, 2.05) is 6.92 Å². The lowest BCUT2D eigenvalue weighted by atomic mass is 10.0. The van der Waals surface area contributed by atoms with Crippen molar-refractivity contribution in [2.75, 3.05) is 10.2 Å². The first-order valence-electron chi connectivity index (χ1n) is 9.03. The summed E-state index contributed by atoms with van der Waals surface area (Å²) >= 11 is 6.01. The van der Waals surface area contributed by atoms with Gasteiger partial charge in [-0.2, -0.15) is 0 Å². The van der Waals surface area contributed by atoms with Gasteiger partial charge in [0.05, 0.1) is 11.3 Å². The molecule has 150 valence electrons. The number of hydrogen-bond acceptors (Lipinski definition) is 3. The Bertz CT molecular complexity index is 1210. The molecule has 0 fully saturated rings. The Hall–Kier alpha value is -3.51. The van der Waals surface area contributed by atoms with Crippen molar-refractivity contribution in [1.29, 1.82) is 0 Å². The van der Waals surface area contributed by atoms with Gasteiger partial charge in [-0.3, -0.25) is 9.59 Å². The Morgan fingerprint density at radius 1 is 0.867 bits per heavy atom. The first-order chi connectivity index (χ1) is 14.4. The molecule has 0 saturated heterocycles. The predicted molar refractivity (Wildman–Crippen MR) is 112 cm³/mol. The standard InChI is InChI=1S/C23H15ClF2N2O2/c1-13-11-15(24)7-10-19(13)27-21-20(14-5-3-2-4-6-14)22(29)28(23(21)30)16-8-9-17(25)18(26)12-16/h2-12,27H,1H3. The molecule has 0 unspecified atom stereocenters. The molecule has 7 heteroatoms. The van der Waals surface area contributed by atoms with Gasteiger partial charge in [0.2, 0.25) is 0 Å². The summed E-state index contributed by atoms with van der Waals surface area (Å²) in [4.78, 5) is 27.3. The highest BCUT2D eigenvalue weighted by atomic mass is 35.5. The molecule has 4 nitrogen and oxygen atoms in total. The third-order valence-electron chi connectivity index (χ3n) is 4.76. The summed E-state index contributed by atoms with van der Waals surface area (Å²) in [6.45, 7) is 1.81. The van der Waals surface area contributed by atoms with Crippen molar-refractivity contribution in [3.05, 3.63) is 100 Å². The van der Waals surface area contributed by atoms with Gasteiger partial charge in [0.15, 0.2) is 11.6 Å². The minimum atomic E-state index is -1.15. The van der Waals surface area contributed by atoms with Gasteiger partial charge in [0.1, 0.15) is 5.70 Å². The average molecular weight is 425 g/mol. The number of benzene rings is 3. The molecular formula is C23H15ClF2N2O2. The monoisotopic (exact) mass is 424 g/mol. The third-order valence-corrected chi connectivity index (χ3v) is 4.99. The molecule has 0 atom stereocenters. The summed E-state index contributed by atoms with van der Waals surface area (Å²) in [6, 6.07) is 16.6. The first-order valence-corrected chi connectivity index (χ1v) is 9.41. The van der Waals surface area contributed by atoms with Crippen LogP contribution in [0.15, 0.2) is 72.4 Å². The molecule has 0 bridgehead atoms. The fourth-order valence-electron chi connectivity index (χ4n) is 3.28. The normalized spacial score (nSPS) is 13.9. The zero-order valence-corrected chi connectivity index (χ0v) is 16.5.